The smallest absolute Gasteiger partial charge is 0.0700 e. The lowest BCUT2D eigenvalue weighted by atomic mass is 9.83. The van der Waals surface area contributed by atoms with E-state index in [0.717, 1.165) is 43.9 Å². The largest absolute Gasteiger partial charge is 0.382 e. The van der Waals surface area contributed by atoms with Crippen LogP contribution >= 0.6 is 0 Å². The Hall–Kier alpha value is -0.120. The Morgan fingerprint density at radius 1 is 1.15 bits per heavy atom. The Labute approximate surface area is 124 Å². The summed E-state index contributed by atoms with van der Waals surface area (Å²) < 4.78 is 10.7. The van der Waals surface area contributed by atoms with E-state index in [2.05, 4.69) is 12.2 Å². The van der Waals surface area contributed by atoms with Crippen LogP contribution in [0.3, 0.4) is 0 Å². The van der Waals surface area contributed by atoms with E-state index >= 15 is 0 Å². The van der Waals surface area contributed by atoms with Crippen molar-refractivity contribution in [2.75, 3.05) is 33.5 Å². The Balaban J connectivity index is 1.66. The van der Waals surface area contributed by atoms with Crippen molar-refractivity contribution < 1.29 is 9.47 Å². The van der Waals surface area contributed by atoms with E-state index in [-0.39, 0.29) is 0 Å². The van der Waals surface area contributed by atoms with E-state index < -0.39 is 0 Å². The molecule has 2 aliphatic rings. The molecule has 0 radical (unpaired) electrons. The number of rotatable bonds is 11. The van der Waals surface area contributed by atoms with Gasteiger partial charge in [0, 0.05) is 19.8 Å². The molecule has 4 atom stereocenters. The predicted octanol–water partition coefficient (Wildman–Crippen LogP) is 3.23. The fourth-order valence-electron chi connectivity index (χ4n) is 4.15. The van der Waals surface area contributed by atoms with Gasteiger partial charge in [0.15, 0.2) is 0 Å². The first kappa shape index (κ1) is 16.3. The maximum Gasteiger partial charge on any atom is 0.0700 e. The van der Waals surface area contributed by atoms with Crippen molar-refractivity contribution in [3.63, 3.8) is 0 Å². The highest BCUT2D eigenvalue weighted by molar-refractivity contribution is 4.91. The number of methoxy groups -OCH3 is 1. The van der Waals surface area contributed by atoms with Crippen molar-refractivity contribution in [3.8, 4) is 0 Å². The lowest BCUT2D eigenvalue weighted by Gasteiger charge is -2.27. The molecule has 2 rings (SSSR count). The van der Waals surface area contributed by atoms with Crippen LogP contribution in [-0.4, -0.2) is 39.5 Å². The minimum absolute atomic E-state index is 0.654. The fourth-order valence-corrected chi connectivity index (χ4v) is 4.15. The summed E-state index contributed by atoms with van der Waals surface area (Å²) in [6.45, 7) is 5.69. The third-order valence-corrected chi connectivity index (χ3v) is 5.20. The molecule has 118 valence electrons. The van der Waals surface area contributed by atoms with Gasteiger partial charge in [-0.25, -0.2) is 0 Å². The van der Waals surface area contributed by atoms with E-state index in [1.807, 2.05) is 0 Å². The zero-order chi connectivity index (χ0) is 14.2. The second kappa shape index (κ2) is 9.01. The summed E-state index contributed by atoms with van der Waals surface area (Å²) >= 11 is 0. The number of hydrogen-bond donors (Lipinski definition) is 1. The summed E-state index contributed by atoms with van der Waals surface area (Å²) in [5, 5.41) is 3.74. The molecule has 0 aromatic heterocycles. The lowest BCUT2D eigenvalue weighted by Crippen LogP contribution is -2.34. The quantitative estimate of drug-likeness (QED) is 0.591. The monoisotopic (exact) mass is 283 g/mol. The highest BCUT2D eigenvalue weighted by atomic mass is 16.5. The molecule has 2 saturated carbocycles. The zero-order valence-corrected chi connectivity index (χ0v) is 13.4. The van der Waals surface area contributed by atoms with Gasteiger partial charge in [-0.15, -0.1) is 0 Å². The molecule has 1 N–H and O–H groups in total. The van der Waals surface area contributed by atoms with Crippen LogP contribution in [0, 0.1) is 17.8 Å². The predicted molar refractivity (Wildman–Crippen MR) is 82.9 cm³/mol. The SMILES string of the molecule is CCCNC(CCOCCOC)CC1CC2CCC1C2. The first-order valence-corrected chi connectivity index (χ1v) is 8.63. The molecule has 3 nitrogen and oxygen atoms in total. The number of nitrogens with one attached hydrogen (secondary N) is 1. The summed E-state index contributed by atoms with van der Waals surface area (Å²) in [4.78, 5) is 0. The molecule has 4 unspecified atom stereocenters. The van der Waals surface area contributed by atoms with Crippen LogP contribution in [0.15, 0.2) is 0 Å². The summed E-state index contributed by atoms with van der Waals surface area (Å²) in [5.74, 6) is 3.09. The second-order valence-electron chi connectivity index (χ2n) is 6.72. The van der Waals surface area contributed by atoms with E-state index in [0.29, 0.717) is 12.6 Å². The fraction of sp³-hybridized carbons (Fsp3) is 1.00. The molecular formula is C17H33NO2. The van der Waals surface area contributed by atoms with E-state index in [1.54, 1.807) is 7.11 Å². The molecule has 0 aliphatic heterocycles. The van der Waals surface area contributed by atoms with Crippen molar-refractivity contribution in [1.29, 1.82) is 0 Å². The maximum absolute atomic E-state index is 5.65. The Kier molecular flexibility index (Phi) is 7.32. The van der Waals surface area contributed by atoms with Gasteiger partial charge in [-0.3, -0.25) is 0 Å². The average Bonchev–Trinajstić information content (AvgIpc) is 3.06. The summed E-state index contributed by atoms with van der Waals surface area (Å²) in [5.41, 5.74) is 0. The molecule has 0 spiro atoms. The molecule has 0 aromatic rings. The molecule has 2 aliphatic carbocycles. The Bertz CT molecular complexity index is 259. The van der Waals surface area contributed by atoms with Crippen molar-refractivity contribution in [3.05, 3.63) is 0 Å². The second-order valence-corrected chi connectivity index (χ2v) is 6.72. The number of ether oxygens (including phenoxy) is 2. The normalized spacial score (nSPS) is 30.0. The van der Waals surface area contributed by atoms with Crippen LogP contribution < -0.4 is 5.32 Å². The molecular weight excluding hydrogens is 250 g/mol. The maximum atomic E-state index is 5.65. The lowest BCUT2D eigenvalue weighted by molar-refractivity contribution is 0.0641. The van der Waals surface area contributed by atoms with Gasteiger partial charge in [0.25, 0.3) is 0 Å². The van der Waals surface area contributed by atoms with Crippen molar-refractivity contribution >= 4 is 0 Å². The van der Waals surface area contributed by atoms with Gasteiger partial charge in [0.1, 0.15) is 0 Å². The van der Waals surface area contributed by atoms with Gasteiger partial charge in [0.2, 0.25) is 0 Å². The highest BCUT2D eigenvalue weighted by Crippen LogP contribution is 2.49. The molecule has 0 heterocycles. The third kappa shape index (κ3) is 5.01. The molecule has 0 amide bonds. The standard InChI is InChI=1S/C17H33NO2/c1-3-7-18-17(6-8-20-10-9-19-2)13-16-12-14-4-5-15(16)11-14/h14-18H,3-13H2,1-2H3. The average molecular weight is 283 g/mol. The Morgan fingerprint density at radius 3 is 2.70 bits per heavy atom. The molecule has 0 saturated heterocycles. The van der Waals surface area contributed by atoms with Crippen LogP contribution in [0.2, 0.25) is 0 Å². The summed E-state index contributed by atoms with van der Waals surface area (Å²) in [6.07, 6.45) is 9.77. The first-order valence-electron chi connectivity index (χ1n) is 8.63. The third-order valence-electron chi connectivity index (χ3n) is 5.20. The van der Waals surface area contributed by atoms with E-state index in [9.17, 15) is 0 Å². The van der Waals surface area contributed by atoms with Gasteiger partial charge in [-0.05, 0) is 62.8 Å². The molecule has 3 heteroatoms. The first-order chi connectivity index (χ1) is 9.83. The van der Waals surface area contributed by atoms with Gasteiger partial charge < -0.3 is 14.8 Å². The van der Waals surface area contributed by atoms with Crippen molar-refractivity contribution in [2.24, 2.45) is 17.8 Å². The van der Waals surface area contributed by atoms with Crippen molar-refractivity contribution in [1.82, 2.24) is 5.32 Å². The minimum atomic E-state index is 0.654. The van der Waals surface area contributed by atoms with Crippen LogP contribution in [0.5, 0.6) is 0 Å². The molecule has 2 bridgehead atoms. The minimum Gasteiger partial charge on any atom is -0.382 e. The molecule has 2 fully saturated rings. The number of fused-ring (bicyclic) bond motifs is 2. The topological polar surface area (TPSA) is 30.5 Å². The Morgan fingerprint density at radius 2 is 2.05 bits per heavy atom. The highest BCUT2D eigenvalue weighted by Gasteiger charge is 2.39. The van der Waals surface area contributed by atoms with Crippen LogP contribution in [0.4, 0.5) is 0 Å². The van der Waals surface area contributed by atoms with Gasteiger partial charge in [-0.1, -0.05) is 13.3 Å². The molecule has 0 aromatic carbocycles. The van der Waals surface area contributed by atoms with E-state index in [1.165, 1.54) is 38.5 Å². The van der Waals surface area contributed by atoms with Crippen LogP contribution in [0.1, 0.15) is 51.9 Å². The van der Waals surface area contributed by atoms with Gasteiger partial charge in [-0.2, -0.15) is 0 Å². The molecule has 20 heavy (non-hydrogen) atoms. The summed E-state index contributed by atoms with van der Waals surface area (Å²) in [7, 11) is 1.73. The van der Waals surface area contributed by atoms with Gasteiger partial charge >= 0.3 is 0 Å². The van der Waals surface area contributed by atoms with Crippen LogP contribution in [0.25, 0.3) is 0 Å². The summed E-state index contributed by atoms with van der Waals surface area (Å²) in [6, 6.07) is 0.654. The number of hydrogen-bond acceptors (Lipinski definition) is 3. The van der Waals surface area contributed by atoms with Crippen LogP contribution in [-0.2, 0) is 9.47 Å². The van der Waals surface area contributed by atoms with Gasteiger partial charge in [0.05, 0.1) is 13.2 Å². The van der Waals surface area contributed by atoms with E-state index in [4.69, 9.17) is 9.47 Å². The van der Waals surface area contributed by atoms with Crippen molar-refractivity contribution in [2.45, 2.75) is 57.9 Å². The zero-order valence-electron chi connectivity index (χ0n) is 13.4.